The Balaban J connectivity index is 1.07. The van der Waals surface area contributed by atoms with E-state index in [1.807, 2.05) is 0 Å². The molecule has 2 saturated heterocycles. The van der Waals surface area contributed by atoms with Crippen LogP contribution in [0.3, 0.4) is 0 Å². The average molecular weight is 715 g/mol. The Kier molecular flexibility index (Phi) is 12.0. The van der Waals surface area contributed by atoms with E-state index in [0.717, 1.165) is 44.9 Å². The third kappa shape index (κ3) is 7.08. The van der Waals surface area contributed by atoms with Gasteiger partial charge in [0.25, 0.3) is 0 Å². The lowest BCUT2D eigenvalue weighted by Gasteiger charge is -2.63. The molecule has 0 spiro atoms. The van der Waals surface area contributed by atoms with Gasteiger partial charge in [-0.05, 0) is 110 Å². The lowest BCUT2D eigenvalue weighted by atomic mass is 9.43. The van der Waals surface area contributed by atoms with Crippen LogP contribution in [0.1, 0.15) is 92.4 Å². The van der Waals surface area contributed by atoms with Crippen LogP contribution in [0.4, 0.5) is 0 Å². The quantitative estimate of drug-likeness (QED) is 0.152. The Morgan fingerprint density at radius 3 is 2.00 bits per heavy atom. The van der Waals surface area contributed by atoms with Crippen LogP contribution in [-0.4, -0.2) is 128 Å². The van der Waals surface area contributed by atoms with E-state index in [4.69, 9.17) is 18.9 Å². The number of fused-ring (bicyclic) bond motifs is 5. The molecule has 50 heavy (non-hydrogen) atoms. The molecule has 0 aromatic heterocycles. The van der Waals surface area contributed by atoms with E-state index in [-0.39, 0.29) is 59.7 Å². The second kappa shape index (κ2) is 15.3. The maximum absolute atomic E-state index is 12.1. The van der Waals surface area contributed by atoms with Gasteiger partial charge in [-0.3, -0.25) is 0 Å². The fourth-order valence-corrected chi connectivity index (χ4v) is 11.8. The molecule has 8 N–H and O–H groups in total. The Hall–Kier alpha value is -0.480. The van der Waals surface area contributed by atoms with Crippen molar-refractivity contribution in [1.29, 1.82) is 0 Å². The Bertz CT molecular complexity index is 1130. The summed E-state index contributed by atoms with van der Waals surface area (Å²) in [6.07, 6.45) is -2.94. The van der Waals surface area contributed by atoms with Gasteiger partial charge in [0.1, 0.15) is 36.6 Å². The summed E-state index contributed by atoms with van der Waals surface area (Å²) >= 11 is 0. The number of ether oxygens (including phenoxy) is 4. The van der Waals surface area contributed by atoms with E-state index >= 15 is 0 Å². The van der Waals surface area contributed by atoms with Crippen molar-refractivity contribution in [2.24, 2.45) is 58.2 Å². The molecule has 0 radical (unpaired) electrons. The zero-order valence-electron chi connectivity index (χ0n) is 30.7. The van der Waals surface area contributed by atoms with Crippen LogP contribution >= 0.6 is 0 Å². The van der Waals surface area contributed by atoms with E-state index in [1.54, 1.807) is 0 Å². The van der Waals surface area contributed by atoms with Crippen LogP contribution in [0.5, 0.6) is 0 Å². The lowest BCUT2D eigenvalue weighted by Crippen LogP contribution is -2.62. The topological polar surface area (TPSA) is 199 Å². The van der Waals surface area contributed by atoms with Gasteiger partial charge in [-0.25, -0.2) is 0 Å². The van der Waals surface area contributed by atoms with Gasteiger partial charge in [0.2, 0.25) is 0 Å². The highest BCUT2D eigenvalue weighted by Crippen LogP contribution is 2.68. The minimum atomic E-state index is -1.32. The predicted molar refractivity (Wildman–Crippen MR) is 181 cm³/mol. The molecule has 6 rings (SSSR count). The first-order valence-corrected chi connectivity index (χ1v) is 19.5. The summed E-state index contributed by atoms with van der Waals surface area (Å²) < 4.78 is 23.1. The minimum Gasteiger partial charge on any atom is -0.393 e. The van der Waals surface area contributed by atoms with E-state index in [2.05, 4.69) is 34.6 Å². The minimum absolute atomic E-state index is 0.0498. The van der Waals surface area contributed by atoms with Crippen LogP contribution in [0.2, 0.25) is 0 Å². The molecule has 12 heteroatoms. The lowest BCUT2D eigenvalue weighted by molar-refractivity contribution is -0.291. The van der Waals surface area contributed by atoms with E-state index in [0.29, 0.717) is 37.2 Å². The molecule has 0 aromatic carbocycles. The molecule has 2 aliphatic heterocycles. The van der Waals surface area contributed by atoms with Gasteiger partial charge in [-0.2, -0.15) is 0 Å². The van der Waals surface area contributed by atoms with Gasteiger partial charge in [-0.15, -0.1) is 0 Å². The molecule has 0 bridgehead atoms. The largest absolute Gasteiger partial charge is 0.393 e. The van der Waals surface area contributed by atoms with Gasteiger partial charge >= 0.3 is 0 Å². The molecule has 6 unspecified atom stereocenters. The smallest absolute Gasteiger partial charge is 0.186 e. The first-order valence-electron chi connectivity index (χ1n) is 19.5. The van der Waals surface area contributed by atoms with Crippen molar-refractivity contribution in [2.45, 2.75) is 160 Å². The van der Waals surface area contributed by atoms with Gasteiger partial charge in [-0.1, -0.05) is 41.0 Å². The van der Waals surface area contributed by atoms with Crippen LogP contribution < -0.4 is 0 Å². The Morgan fingerprint density at radius 1 is 0.700 bits per heavy atom. The van der Waals surface area contributed by atoms with Crippen molar-refractivity contribution in [3.05, 3.63) is 0 Å². The molecule has 6 aliphatic rings. The fourth-order valence-electron chi connectivity index (χ4n) is 11.8. The van der Waals surface area contributed by atoms with Gasteiger partial charge in [0, 0.05) is 0 Å². The molecule has 0 aromatic rings. The summed E-state index contributed by atoms with van der Waals surface area (Å²) in [6.45, 7) is 11.5. The highest BCUT2D eigenvalue weighted by Gasteiger charge is 2.66. The molecule has 4 aliphatic carbocycles. The zero-order valence-corrected chi connectivity index (χ0v) is 30.7. The molecular weight excluding hydrogens is 648 g/mol. The summed E-state index contributed by atoms with van der Waals surface area (Å²) in [5, 5.41) is 84.5. The summed E-state index contributed by atoms with van der Waals surface area (Å²) in [5.74, 6) is 2.00. The van der Waals surface area contributed by atoms with Crippen molar-refractivity contribution in [3.8, 4) is 0 Å². The number of hydrogen-bond donors (Lipinski definition) is 8. The highest BCUT2D eigenvalue weighted by atomic mass is 16.7. The van der Waals surface area contributed by atoms with Crippen LogP contribution in [0, 0.1) is 58.2 Å². The summed E-state index contributed by atoms with van der Waals surface area (Å²) in [6, 6.07) is 0. The predicted octanol–water partition coefficient (Wildman–Crippen LogP) is 1.56. The van der Waals surface area contributed by atoms with Crippen molar-refractivity contribution in [3.63, 3.8) is 0 Å². The molecule has 6 fully saturated rings. The van der Waals surface area contributed by atoms with Crippen LogP contribution in [0.15, 0.2) is 0 Å². The van der Waals surface area contributed by atoms with Crippen molar-refractivity contribution >= 4 is 0 Å². The fraction of sp³-hybridized carbons (Fsp3) is 1.00. The van der Waals surface area contributed by atoms with E-state index < -0.39 is 61.4 Å². The van der Waals surface area contributed by atoms with Crippen molar-refractivity contribution < 1.29 is 59.8 Å². The van der Waals surface area contributed by atoms with Crippen molar-refractivity contribution in [1.82, 2.24) is 0 Å². The number of hydrogen-bond acceptors (Lipinski definition) is 12. The summed E-state index contributed by atoms with van der Waals surface area (Å²) in [7, 11) is 0. The number of aliphatic hydroxyl groups excluding tert-OH is 8. The second-order valence-electron chi connectivity index (χ2n) is 18.0. The van der Waals surface area contributed by atoms with Crippen LogP contribution in [-0.2, 0) is 18.9 Å². The van der Waals surface area contributed by atoms with Gasteiger partial charge in [0.15, 0.2) is 12.6 Å². The monoisotopic (exact) mass is 714 g/mol. The molecule has 4 saturated carbocycles. The first kappa shape index (κ1) is 39.2. The Morgan fingerprint density at radius 2 is 1.34 bits per heavy atom. The second-order valence-corrected chi connectivity index (χ2v) is 18.0. The van der Waals surface area contributed by atoms with Crippen molar-refractivity contribution in [2.75, 3.05) is 19.8 Å². The number of rotatable bonds is 10. The number of aliphatic hydroxyl groups is 8. The zero-order chi connectivity index (χ0) is 36.3. The highest BCUT2D eigenvalue weighted by molar-refractivity contribution is 5.14. The summed E-state index contributed by atoms with van der Waals surface area (Å²) in [4.78, 5) is 0. The standard InChI is InChI=1S/C38H66O12/c1-18(2)20(15-47-35-33(45)31(43)27(40)16-48-35)7-6-19(3)23-8-9-24-30-25(14-29(42)38(23,24)5)37(4)11-10-22(12-21(37)13-26(30)39)50-36-34(46)32(44)28(41)17-49-36/h18-36,39-46H,6-17H2,1-5H3/t19-,20?,21?,22?,23-,24?,25?,26-,27-,28-,29+,30?,31+,32+,33-,34-,35-,36+,37+,38-/m1/s1. The van der Waals surface area contributed by atoms with Gasteiger partial charge in [0.05, 0.1) is 38.1 Å². The maximum Gasteiger partial charge on any atom is 0.186 e. The van der Waals surface area contributed by atoms with E-state index in [9.17, 15) is 40.9 Å². The third-order valence-electron chi connectivity index (χ3n) is 15.1. The molecule has 0 amide bonds. The molecular formula is C38H66O12. The summed E-state index contributed by atoms with van der Waals surface area (Å²) in [5.41, 5.74) is -0.336. The first-order chi connectivity index (χ1) is 23.6. The van der Waals surface area contributed by atoms with E-state index in [1.165, 1.54) is 0 Å². The van der Waals surface area contributed by atoms with Gasteiger partial charge < -0.3 is 59.8 Å². The molecule has 12 nitrogen and oxygen atoms in total. The maximum atomic E-state index is 12.1. The molecule has 2 heterocycles. The third-order valence-corrected chi connectivity index (χ3v) is 15.1. The molecule has 290 valence electrons. The van der Waals surface area contributed by atoms with Crippen LogP contribution in [0.25, 0.3) is 0 Å². The molecule has 20 atom stereocenters. The Labute approximate surface area is 297 Å². The SMILES string of the molecule is CC(C)C(CC[C@@H](C)[C@H]1CCC2C3C(C[C@H](O)[C@@]21C)[C@@]1(C)CCC(O[C@@H]2OC[C@@H](O)[C@H](O)[C@H]2O)CC1C[C@H]3O)CO[C@@H]1OC[C@@H](O)[C@H](O)[C@H]1O. The normalized spacial score (nSPS) is 52.2. The average Bonchev–Trinajstić information content (AvgIpc) is 3.43.